The summed E-state index contributed by atoms with van der Waals surface area (Å²) in [5.74, 6) is -1.61. The minimum atomic E-state index is -0.791. The standard InChI is InChI=1S/C20H12F2N2O3S/c1-10(25)11-2-4-12(5-3-11)15-6-7-16(27-15)19(26)24-20-23-18-14(22)8-13(21)9-17(18)28-20/h2-9H,1H3,(H,23,24,26). The second-order valence-electron chi connectivity index (χ2n) is 6.00. The average molecular weight is 398 g/mol. The number of aromatic nitrogens is 1. The van der Waals surface area contributed by atoms with E-state index in [1.54, 1.807) is 30.3 Å². The maximum atomic E-state index is 13.7. The minimum absolute atomic E-state index is 0.00704. The first-order valence-corrected chi connectivity index (χ1v) is 9.00. The van der Waals surface area contributed by atoms with E-state index in [0.717, 1.165) is 23.5 Å². The molecule has 2 aromatic carbocycles. The molecule has 1 N–H and O–H groups in total. The van der Waals surface area contributed by atoms with Gasteiger partial charge in [0.05, 0.1) is 4.70 Å². The van der Waals surface area contributed by atoms with Gasteiger partial charge in [0.25, 0.3) is 5.91 Å². The van der Waals surface area contributed by atoms with E-state index in [1.165, 1.54) is 13.0 Å². The van der Waals surface area contributed by atoms with Crippen LogP contribution in [0, 0.1) is 11.6 Å². The Labute approximate surface area is 161 Å². The number of carbonyl (C=O) groups is 2. The second-order valence-corrected chi connectivity index (χ2v) is 7.04. The number of Topliss-reactive ketones (excluding diaryl/α,β-unsaturated/α-hetero) is 1. The summed E-state index contributed by atoms with van der Waals surface area (Å²) >= 11 is 0.959. The number of anilines is 1. The Bertz CT molecular complexity index is 1210. The maximum absolute atomic E-state index is 13.7. The number of rotatable bonds is 4. The van der Waals surface area contributed by atoms with E-state index < -0.39 is 17.5 Å². The van der Waals surface area contributed by atoms with E-state index in [-0.39, 0.29) is 22.2 Å². The number of benzene rings is 2. The number of nitrogens with one attached hydrogen (secondary N) is 1. The van der Waals surface area contributed by atoms with Gasteiger partial charge in [-0.15, -0.1) is 0 Å². The van der Waals surface area contributed by atoms with Crippen molar-refractivity contribution in [2.45, 2.75) is 6.92 Å². The van der Waals surface area contributed by atoms with E-state index in [1.807, 2.05) is 0 Å². The highest BCUT2D eigenvalue weighted by Gasteiger charge is 2.16. The molecule has 0 bridgehead atoms. The van der Waals surface area contributed by atoms with Crippen LogP contribution in [0.1, 0.15) is 27.8 Å². The van der Waals surface area contributed by atoms with Crippen molar-refractivity contribution in [3.05, 3.63) is 71.5 Å². The Kier molecular flexibility index (Phi) is 4.48. The van der Waals surface area contributed by atoms with Gasteiger partial charge in [0.1, 0.15) is 17.1 Å². The number of thiazole rings is 1. The van der Waals surface area contributed by atoms with Gasteiger partial charge in [-0.2, -0.15) is 0 Å². The van der Waals surface area contributed by atoms with Crippen LogP contribution in [0.25, 0.3) is 21.5 Å². The Morgan fingerprint density at radius 1 is 1.07 bits per heavy atom. The monoisotopic (exact) mass is 398 g/mol. The van der Waals surface area contributed by atoms with Crippen LogP contribution in [0.4, 0.5) is 13.9 Å². The summed E-state index contributed by atoms with van der Waals surface area (Å²) in [5.41, 5.74) is 1.28. The van der Waals surface area contributed by atoms with E-state index in [0.29, 0.717) is 21.6 Å². The first-order valence-electron chi connectivity index (χ1n) is 8.19. The predicted octanol–water partition coefficient (Wildman–Crippen LogP) is 5.29. The summed E-state index contributed by atoms with van der Waals surface area (Å²) < 4.78 is 32.9. The van der Waals surface area contributed by atoms with Gasteiger partial charge in [0.15, 0.2) is 22.5 Å². The third-order valence-electron chi connectivity index (χ3n) is 4.04. The summed E-state index contributed by atoms with van der Waals surface area (Å²) in [4.78, 5) is 27.7. The highest BCUT2D eigenvalue weighted by molar-refractivity contribution is 7.22. The van der Waals surface area contributed by atoms with Crippen molar-refractivity contribution in [2.75, 3.05) is 5.32 Å². The number of halogens is 2. The number of furan rings is 1. The van der Waals surface area contributed by atoms with Gasteiger partial charge in [-0.3, -0.25) is 14.9 Å². The van der Waals surface area contributed by atoms with Gasteiger partial charge in [0, 0.05) is 17.2 Å². The van der Waals surface area contributed by atoms with Gasteiger partial charge in [0.2, 0.25) is 0 Å². The SMILES string of the molecule is CC(=O)c1ccc(-c2ccc(C(=O)Nc3nc4c(F)cc(F)cc4s3)o2)cc1. The Morgan fingerprint density at radius 2 is 1.82 bits per heavy atom. The van der Waals surface area contributed by atoms with Crippen molar-refractivity contribution in [3.63, 3.8) is 0 Å². The lowest BCUT2D eigenvalue weighted by atomic mass is 10.1. The van der Waals surface area contributed by atoms with E-state index in [2.05, 4.69) is 10.3 Å². The average Bonchev–Trinajstić information content (AvgIpc) is 3.29. The first-order chi connectivity index (χ1) is 13.4. The highest BCUT2D eigenvalue weighted by atomic mass is 32.1. The summed E-state index contributed by atoms with van der Waals surface area (Å²) in [5, 5.41) is 2.66. The van der Waals surface area contributed by atoms with E-state index in [9.17, 15) is 18.4 Å². The lowest BCUT2D eigenvalue weighted by Gasteiger charge is -2.00. The topological polar surface area (TPSA) is 72.2 Å². The lowest BCUT2D eigenvalue weighted by molar-refractivity contribution is 0.0994. The molecule has 0 aliphatic rings. The van der Waals surface area contributed by atoms with Crippen LogP contribution in [-0.2, 0) is 0 Å². The molecule has 0 unspecified atom stereocenters. The van der Waals surface area contributed by atoms with Gasteiger partial charge in [-0.05, 0) is 25.1 Å². The molecule has 0 fully saturated rings. The Morgan fingerprint density at radius 3 is 2.54 bits per heavy atom. The summed E-state index contributed by atoms with van der Waals surface area (Å²) in [6.45, 7) is 1.48. The van der Waals surface area contributed by atoms with Crippen LogP contribution in [0.3, 0.4) is 0 Å². The third-order valence-corrected chi connectivity index (χ3v) is 4.96. The van der Waals surface area contributed by atoms with Gasteiger partial charge >= 0.3 is 0 Å². The molecule has 4 aromatic rings. The number of hydrogen-bond donors (Lipinski definition) is 1. The fraction of sp³-hybridized carbons (Fsp3) is 0.0500. The molecule has 0 saturated carbocycles. The Hall–Kier alpha value is -3.39. The van der Waals surface area contributed by atoms with Crippen LogP contribution >= 0.6 is 11.3 Å². The molecule has 0 aliphatic carbocycles. The fourth-order valence-corrected chi connectivity index (χ4v) is 3.55. The number of hydrogen-bond acceptors (Lipinski definition) is 5. The quantitative estimate of drug-likeness (QED) is 0.474. The zero-order valence-electron chi connectivity index (χ0n) is 14.5. The lowest BCUT2D eigenvalue weighted by Crippen LogP contribution is -2.10. The molecule has 2 aromatic heterocycles. The van der Waals surface area contributed by atoms with Crippen molar-refractivity contribution in [2.24, 2.45) is 0 Å². The van der Waals surface area contributed by atoms with Crippen molar-refractivity contribution < 1.29 is 22.8 Å². The normalized spacial score (nSPS) is 11.0. The zero-order valence-corrected chi connectivity index (χ0v) is 15.3. The molecule has 0 atom stereocenters. The molecule has 0 saturated heterocycles. The Balaban J connectivity index is 1.54. The number of amides is 1. The molecule has 2 heterocycles. The number of nitrogens with zero attached hydrogens (tertiary/aromatic N) is 1. The summed E-state index contributed by atoms with van der Waals surface area (Å²) in [7, 11) is 0. The third kappa shape index (κ3) is 3.41. The number of carbonyl (C=O) groups excluding carboxylic acids is 2. The molecule has 140 valence electrons. The van der Waals surface area contributed by atoms with Crippen LogP contribution in [0.15, 0.2) is 52.9 Å². The van der Waals surface area contributed by atoms with Crippen molar-refractivity contribution >= 4 is 38.4 Å². The van der Waals surface area contributed by atoms with Gasteiger partial charge < -0.3 is 4.42 Å². The second kappa shape index (κ2) is 6.97. The van der Waals surface area contributed by atoms with Crippen LogP contribution in [0.2, 0.25) is 0 Å². The van der Waals surface area contributed by atoms with E-state index >= 15 is 0 Å². The van der Waals surface area contributed by atoms with Crippen molar-refractivity contribution in [1.29, 1.82) is 0 Å². The molecule has 0 aliphatic heterocycles. The molecule has 8 heteroatoms. The van der Waals surface area contributed by atoms with Crippen molar-refractivity contribution in [3.8, 4) is 11.3 Å². The van der Waals surface area contributed by atoms with E-state index in [4.69, 9.17) is 4.42 Å². The molecule has 1 amide bonds. The highest BCUT2D eigenvalue weighted by Crippen LogP contribution is 2.29. The largest absolute Gasteiger partial charge is 0.451 e. The van der Waals surface area contributed by atoms with Gasteiger partial charge in [-0.25, -0.2) is 13.8 Å². The van der Waals surface area contributed by atoms with Crippen molar-refractivity contribution in [1.82, 2.24) is 4.98 Å². The molecule has 28 heavy (non-hydrogen) atoms. The smallest absolute Gasteiger partial charge is 0.293 e. The zero-order chi connectivity index (χ0) is 19.8. The van der Waals surface area contributed by atoms with Crippen LogP contribution in [0.5, 0.6) is 0 Å². The molecular weight excluding hydrogens is 386 g/mol. The van der Waals surface area contributed by atoms with Crippen LogP contribution < -0.4 is 5.32 Å². The molecule has 4 rings (SSSR count). The van der Waals surface area contributed by atoms with Crippen LogP contribution in [-0.4, -0.2) is 16.7 Å². The number of fused-ring (bicyclic) bond motifs is 1. The summed E-state index contributed by atoms with van der Waals surface area (Å²) in [6, 6.07) is 11.8. The first kappa shape index (κ1) is 18.0. The fourth-order valence-electron chi connectivity index (χ4n) is 2.65. The predicted molar refractivity (Wildman–Crippen MR) is 102 cm³/mol. The summed E-state index contributed by atoms with van der Waals surface area (Å²) in [6.07, 6.45) is 0. The molecule has 0 radical (unpaired) electrons. The molecular formula is C20H12F2N2O3S. The van der Waals surface area contributed by atoms with Gasteiger partial charge in [-0.1, -0.05) is 35.6 Å². The molecule has 0 spiro atoms. The molecule has 5 nitrogen and oxygen atoms in total. The minimum Gasteiger partial charge on any atom is -0.451 e. The number of ketones is 1. The maximum Gasteiger partial charge on any atom is 0.293 e.